The monoisotopic (exact) mass is 921 g/mol. The molecule has 4 nitrogen and oxygen atoms in total. The molecule has 4 heteroatoms. The van der Waals surface area contributed by atoms with Crippen LogP contribution in [0.4, 0.5) is 0 Å². The quantitative estimate of drug-likeness (QED) is 0.102. The molecule has 0 heterocycles. The number of hydrogen-bond acceptors (Lipinski definition) is 4. The van der Waals surface area contributed by atoms with E-state index in [4.69, 9.17) is 9.47 Å². The van der Waals surface area contributed by atoms with Gasteiger partial charge in [-0.1, -0.05) is 155 Å². The van der Waals surface area contributed by atoms with E-state index in [2.05, 4.69) is 81.4 Å². The molecular weight excluding hydrogens is 821 g/mol. The van der Waals surface area contributed by atoms with E-state index in [-0.39, 0.29) is 35.0 Å². The second-order valence-electron chi connectivity index (χ2n) is 26.9. The van der Waals surface area contributed by atoms with E-state index in [0.717, 1.165) is 110 Å². The molecule has 0 N–H and O–H groups in total. The number of hydrogen-bond donors (Lipinski definition) is 0. The molecule has 8 aliphatic carbocycles. The van der Waals surface area contributed by atoms with E-state index in [1.165, 1.54) is 103 Å². The maximum absolute atomic E-state index is 13.0. The number of esters is 2. The van der Waals surface area contributed by atoms with Crippen LogP contribution in [0.1, 0.15) is 230 Å². The molecule has 8 rings (SSSR count). The van der Waals surface area contributed by atoms with Gasteiger partial charge in [0.1, 0.15) is 12.2 Å². The number of ether oxygens (including phenoxy) is 2. The number of allylic oxidation sites excluding steroid dienone is 4. The topological polar surface area (TPSA) is 52.6 Å². The molecule has 16 atom stereocenters. The number of carbonyl (C=O) groups is 2. The lowest BCUT2D eigenvalue weighted by atomic mass is 9.47. The lowest BCUT2D eigenvalue weighted by Crippen LogP contribution is -2.51. The Labute approximate surface area is 411 Å². The first-order chi connectivity index (χ1) is 32.0. The van der Waals surface area contributed by atoms with E-state index in [1.54, 1.807) is 11.1 Å². The van der Waals surface area contributed by atoms with Gasteiger partial charge in [-0.05, 0) is 189 Å². The van der Waals surface area contributed by atoms with Gasteiger partial charge in [-0.15, -0.1) is 0 Å². The third-order valence-electron chi connectivity index (χ3n) is 22.3. The minimum Gasteiger partial charge on any atom is -0.462 e. The molecular formula is C63H100O4. The fourth-order valence-electron chi connectivity index (χ4n) is 18.6. The van der Waals surface area contributed by atoms with Gasteiger partial charge in [0.25, 0.3) is 0 Å². The van der Waals surface area contributed by atoms with E-state index < -0.39 is 0 Å². The van der Waals surface area contributed by atoms with Crippen molar-refractivity contribution in [1.82, 2.24) is 0 Å². The molecule has 16 unspecified atom stereocenters. The van der Waals surface area contributed by atoms with Gasteiger partial charge in [0.05, 0.1) is 12.8 Å². The average Bonchev–Trinajstić information content (AvgIpc) is 3.83. The summed E-state index contributed by atoms with van der Waals surface area (Å²) in [5.74, 6) is 9.87. The highest BCUT2D eigenvalue weighted by Gasteiger charge is 2.61. The largest absolute Gasteiger partial charge is 0.462 e. The van der Waals surface area contributed by atoms with Crippen LogP contribution >= 0.6 is 0 Å². The molecule has 67 heavy (non-hydrogen) atoms. The fraction of sp³-hybridized carbons (Fsp3) is 0.841. The van der Waals surface area contributed by atoms with Crippen molar-refractivity contribution in [3.05, 3.63) is 47.6 Å². The molecule has 0 aromatic carbocycles. The highest BCUT2D eigenvalue weighted by Crippen LogP contribution is 2.69. The Bertz CT molecular complexity index is 1700. The second kappa shape index (κ2) is 21.3. The molecule has 6 fully saturated rings. The summed E-state index contributed by atoms with van der Waals surface area (Å²) in [5.41, 5.74) is 4.74. The SMILES string of the molecule is CC(C)CCCC(C)C1CCC2C3CC=C4CC(OC(=O)C/C=C/C/C=C/CC(=O)OC5CCC6(C)C(=CCC7C6CCC6(C)C(C(C)CCCC(C)C)CCC76)C5)CCC4(C)C3CCC12C. The summed E-state index contributed by atoms with van der Waals surface area (Å²) >= 11 is 0. The van der Waals surface area contributed by atoms with Crippen LogP contribution in [0.2, 0.25) is 0 Å². The lowest BCUT2D eigenvalue weighted by Gasteiger charge is -2.58. The standard InChI is InChI=1S/C63H100O4/c1-42(2)18-16-20-44(5)52-28-30-54-50-26-24-46-40-48(32-36-60(46,7)56(50)34-38-62(52,54)9)66-58(64)22-14-12-11-13-15-23-59(65)67-49-33-37-61(8)47(41-49)25-27-51-55-31-29-53(45(6)21-17-19-43(3)4)63(55,10)39-35-57(51)61/h12-15,24-25,42-45,48-57H,11,16-23,26-41H2,1-10H3/b14-12+,15-13+. The summed E-state index contributed by atoms with van der Waals surface area (Å²) in [6.07, 6.45) is 42.7. The van der Waals surface area contributed by atoms with Crippen LogP contribution < -0.4 is 0 Å². The third-order valence-corrected chi connectivity index (χ3v) is 22.3. The Kier molecular flexibility index (Phi) is 16.3. The Hall–Kier alpha value is -2.10. The van der Waals surface area contributed by atoms with Crippen molar-refractivity contribution in [2.75, 3.05) is 0 Å². The Morgan fingerprint density at radius 1 is 0.537 bits per heavy atom. The third kappa shape index (κ3) is 10.6. The van der Waals surface area contributed by atoms with Crippen molar-refractivity contribution in [3.8, 4) is 0 Å². The van der Waals surface area contributed by atoms with Gasteiger partial charge in [0.2, 0.25) is 0 Å². The van der Waals surface area contributed by atoms with Gasteiger partial charge in [0.15, 0.2) is 0 Å². The molecule has 0 spiro atoms. The van der Waals surface area contributed by atoms with Crippen molar-refractivity contribution in [2.45, 2.75) is 242 Å². The van der Waals surface area contributed by atoms with E-state index >= 15 is 0 Å². The number of fused-ring (bicyclic) bond motifs is 10. The molecule has 0 amide bonds. The second-order valence-corrected chi connectivity index (χ2v) is 26.9. The zero-order chi connectivity index (χ0) is 47.7. The fourth-order valence-corrected chi connectivity index (χ4v) is 18.6. The number of carbonyl (C=O) groups excluding carboxylic acids is 2. The van der Waals surface area contributed by atoms with Crippen molar-refractivity contribution in [2.24, 2.45) is 92.7 Å². The Morgan fingerprint density at radius 3 is 1.36 bits per heavy atom. The molecule has 0 radical (unpaired) electrons. The first-order valence-electron chi connectivity index (χ1n) is 29.0. The smallest absolute Gasteiger partial charge is 0.309 e. The maximum Gasteiger partial charge on any atom is 0.309 e. The van der Waals surface area contributed by atoms with Crippen LogP contribution in [0.25, 0.3) is 0 Å². The van der Waals surface area contributed by atoms with Crippen LogP contribution in [0.5, 0.6) is 0 Å². The van der Waals surface area contributed by atoms with Crippen molar-refractivity contribution >= 4 is 11.9 Å². The zero-order valence-corrected chi connectivity index (χ0v) is 44.9. The highest BCUT2D eigenvalue weighted by molar-refractivity contribution is 5.72. The summed E-state index contributed by atoms with van der Waals surface area (Å²) in [7, 11) is 0. The molecule has 6 saturated carbocycles. The van der Waals surface area contributed by atoms with Crippen LogP contribution in [-0.4, -0.2) is 24.1 Å². The molecule has 0 aromatic rings. The highest BCUT2D eigenvalue weighted by atomic mass is 16.5. The predicted molar refractivity (Wildman–Crippen MR) is 278 cm³/mol. The minimum absolute atomic E-state index is 0.00462. The summed E-state index contributed by atoms with van der Waals surface area (Å²) in [5, 5.41) is 0. The van der Waals surface area contributed by atoms with Crippen LogP contribution in [0.3, 0.4) is 0 Å². The van der Waals surface area contributed by atoms with Crippen LogP contribution in [0, 0.1) is 92.7 Å². The molecule has 0 aliphatic heterocycles. The van der Waals surface area contributed by atoms with Gasteiger partial charge in [-0.3, -0.25) is 9.59 Å². The first kappa shape index (κ1) is 51.3. The van der Waals surface area contributed by atoms with Gasteiger partial charge < -0.3 is 9.47 Å². The van der Waals surface area contributed by atoms with Crippen molar-refractivity contribution < 1.29 is 19.1 Å². The van der Waals surface area contributed by atoms with Crippen molar-refractivity contribution in [1.29, 1.82) is 0 Å². The van der Waals surface area contributed by atoms with Gasteiger partial charge in [0, 0.05) is 12.8 Å². The van der Waals surface area contributed by atoms with Gasteiger partial charge in [-0.25, -0.2) is 0 Å². The molecule has 376 valence electrons. The molecule has 0 aromatic heterocycles. The summed E-state index contributed by atoms with van der Waals surface area (Å²) in [4.78, 5) is 26.1. The summed E-state index contributed by atoms with van der Waals surface area (Å²) in [6, 6.07) is 0. The van der Waals surface area contributed by atoms with Crippen LogP contribution in [-0.2, 0) is 19.1 Å². The summed E-state index contributed by atoms with van der Waals surface area (Å²) in [6.45, 7) is 25.2. The maximum atomic E-state index is 13.0. The van der Waals surface area contributed by atoms with E-state index in [9.17, 15) is 9.59 Å². The van der Waals surface area contributed by atoms with Gasteiger partial charge >= 0.3 is 11.9 Å². The zero-order valence-electron chi connectivity index (χ0n) is 44.9. The minimum atomic E-state index is -0.113. The number of rotatable bonds is 18. The molecule has 0 saturated heterocycles. The molecule has 0 bridgehead atoms. The molecule has 8 aliphatic rings. The summed E-state index contributed by atoms with van der Waals surface area (Å²) < 4.78 is 12.2. The first-order valence-corrected chi connectivity index (χ1v) is 29.0. The van der Waals surface area contributed by atoms with Crippen molar-refractivity contribution in [3.63, 3.8) is 0 Å². The van der Waals surface area contributed by atoms with E-state index in [1.807, 2.05) is 24.3 Å². The van der Waals surface area contributed by atoms with Crippen LogP contribution in [0.15, 0.2) is 47.6 Å². The normalized spacial score (nSPS) is 41.1. The van der Waals surface area contributed by atoms with Gasteiger partial charge in [-0.2, -0.15) is 0 Å². The van der Waals surface area contributed by atoms with E-state index in [0.29, 0.717) is 30.1 Å². The lowest BCUT2D eigenvalue weighted by molar-refractivity contribution is -0.151. The average molecular weight is 921 g/mol. The Balaban J connectivity index is 0.732. The predicted octanol–water partition coefficient (Wildman–Crippen LogP) is 17.2. The Morgan fingerprint density at radius 2 is 0.955 bits per heavy atom.